The van der Waals surface area contributed by atoms with Gasteiger partial charge in [-0.15, -0.1) is 0 Å². The normalized spacial score (nSPS) is 11.2. The van der Waals surface area contributed by atoms with Crippen LogP contribution in [0.2, 0.25) is 0 Å². The Kier molecular flexibility index (Phi) is 7.51. The highest BCUT2D eigenvalue weighted by Gasteiger charge is 2.07. The second kappa shape index (κ2) is 9.87. The third-order valence-corrected chi connectivity index (χ3v) is 3.92. The molecule has 0 radical (unpaired) electrons. The fourth-order valence-electron chi connectivity index (χ4n) is 2.67. The molecule has 136 valence electrons. The van der Waals surface area contributed by atoms with Gasteiger partial charge in [0.1, 0.15) is 18.1 Å². The highest BCUT2D eigenvalue weighted by atomic mass is 16.6. The van der Waals surface area contributed by atoms with E-state index in [-0.39, 0.29) is 0 Å². The van der Waals surface area contributed by atoms with Gasteiger partial charge in [0.15, 0.2) is 0 Å². The average molecular weight is 344 g/mol. The van der Waals surface area contributed by atoms with Gasteiger partial charge in [0.25, 0.3) is 0 Å². The number of benzene rings is 1. The predicted molar refractivity (Wildman–Crippen MR) is 99.5 cm³/mol. The van der Waals surface area contributed by atoms with Gasteiger partial charge >= 0.3 is 0 Å². The van der Waals surface area contributed by atoms with Crippen molar-refractivity contribution in [2.45, 2.75) is 53.4 Å². The van der Waals surface area contributed by atoms with Crippen LogP contribution in [0, 0.1) is 13.8 Å². The van der Waals surface area contributed by atoms with Crippen molar-refractivity contribution in [2.75, 3.05) is 13.2 Å². The molecule has 0 N–H and O–H groups in total. The Morgan fingerprint density at radius 3 is 2.52 bits per heavy atom. The zero-order valence-electron chi connectivity index (χ0n) is 15.7. The van der Waals surface area contributed by atoms with Crippen LogP contribution >= 0.6 is 0 Å². The second-order valence-corrected chi connectivity index (χ2v) is 6.08. The summed E-state index contributed by atoms with van der Waals surface area (Å²) < 4.78 is 11.3. The molecule has 0 bridgehead atoms. The van der Waals surface area contributed by atoms with Crippen LogP contribution in [-0.2, 0) is 17.7 Å². The summed E-state index contributed by atoms with van der Waals surface area (Å²) in [6, 6.07) is 6.16. The smallest absolute Gasteiger partial charge is 0.137 e. The Labute approximate surface area is 150 Å². The van der Waals surface area contributed by atoms with Crippen molar-refractivity contribution in [2.24, 2.45) is 5.16 Å². The largest absolute Gasteiger partial charge is 0.493 e. The standard InChI is InChI=1S/C20H28N2O3/c1-5-18-13-19(25-22-18)9-7-8-10-23-20-15(3)11-17(12-16(20)4)14-21-24-6-2/h11-14H,5-10H2,1-4H3. The molecule has 1 aromatic heterocycles. The number of aryl methyl sites for hydroxylation is 4. The van der Waals surface area contributed by atoms with Gasteiger partial charge in [-0.1, -0.05) is 17.2 Å². The van der Waals surface area contributed by atoms with Crippen LogP contribution in [-0.4, -0.2) is 24.6 Å². The molecule has 0 saturated heterocycles. The van der Waals surface area contributed by atoms with Crippen LogP contribution in [0.1, 0.15) is 54.8 Å². The summed E-state index contributed by atoms with van der Waals surface area (Å²) in [5, 5.41) is 7.93. The zero-order valence-corrected chi connectivity index (χ0v) is 15.7. The fraction of sp³-hybridized carbons (Fsp3) is 0.500. The van der Waals surface area contributed by atoms with E-state index in [2.05, 4.69) is 43.2 Å². The van der Waals surface area contributed by atoms with E-state index in [0.29, 0.717) is 13.2 Å². The number of hydrogen-bond acceptors (Lipinski definition) is 5. The molecule has 0 spiro atoms. The molecular formula is C20H28N2O3. The second-order valence-electron chi connectivity index (χ2n) is 6.08. The quantitative estimate of drug-likeness (QED) is 0.358. The molecule has 0 amide bonds. The van der Waals surface area contributed by atoms with E-state index in [9.17, 15) is 0 Å². The summed E-state index contributed by atoms with van der Waals surface area (Å²) in [5.41, 5.74) is 4.26. The van der Waals surface area contributed by atoms with Gasteiger partial charge in [0.2, 0.25) is 0 Å². The first-order valence-corrected chi connectivity index (χ1v) is 8.97. The van der Waals surface area contributed by atoms with Crippen molar-refractivity contribution in [1.82, 2.24) is 5.16 Å². The molecule has 1 aromatic carbocycles. The monoisotopic (exact) mass is 344 g/mol. The summed E-state index contributed by atoms with van der Waals surface area (Å²) in [5.74, 6) is 1.92. The third-order valence-electron chi connectivity index (χ3n) is 3.92. The lowest BCUT2D eigenvalue weighted by atomic mass is 10.1. The molecule has 0 aliphatic carbocycles. The van der Waals surface area contributed by atoms with E-state index >= 15 is 0 Å². The summed E-state index contributed by atoms with van der Waals surface area (Å²) >= 11 is 0. The first-order valence-electron chi connectivity index (χ1n) is 8.97. The lowest BCUT2D eigenvalue weighted by Gasteiger charge is -2.13. The van der Waals surface area contributed by atoms with E-state index in [4.69, 9.17) is 14.1 Å². The van der Waals surface area contributed by atoms with Gasteiger partial charge in [0.05, 0.1) is 18.5 Å². The predicted octanol–water partition coefficient (Wildman–Crippen LogP) is 4.63. The fourth-order valence-corrected chi connectivity index (χ4v) is 2.67. The van der Waals surface area contributed by atoms with E-state index in [1.807, 2.05) is 13.0 Å². The molecule has 2 rings (SSSR count). The van der Waals surface area contributed by atoms with Crippen molar-refractivity contribution in [3.63, 3.8) is 0 Å². The Bertz CT molecular complexity index is 669. The molecule has 0 aliphatic rings. The Morgan fingerprint density at radius 1 is 1.12 bits per heavy atom. The maximum atomic E-state index is 5.99. The highest BCUT2D eigenvalue weighted by Crippen LogP contribution is 2.24. The number of nitrogens with zero attached hydrogens (tertiary/aromatic N) is 2. The van der Waals surface area contributed by atoms with Crippen molar-refractivity contribution in [3.8, 4) is 5.75 Å². The van der Waals surface area contributed by atoms with Crippen molar-refractivity contribution in [3.05, 3.63) is 46.3 Å². The Hall–Kier alpha value is -2.30. The Morgan fingerprint density at radius 2 is 1.88 bits per heavy atom. The number of unbranched alkanes of at least 4 members (excludes halogenated alkanes) is 1. The molecule has 5 nitrogen and oxygen atoms in total. The molecule has 5 heteroatoms. The molecule has 0 aliphatic heterocycles. The molecule has 0 fully saturated rings. The SMILES string of the molecule is CCON=Cc1cc(C)c(OCCCCc2cc(CC)no2)c(C)c1. The first kappa shape index (κ1) is 19.0. The summed E-state index contributed by atoms with van der Waals surface area (Å²) in [6.45, 7) is 9.37. The van der Waals surface area contributed by atoms with Crippen molar-refractivity contribution in [1.29, 1.82) is 0 Å². The lowest BCUT2D eigenvalue weighted by Crippen LogP contribution is -2.02. The van der Waals surface area contributed by atoms with Crippen molar-refractivity contribution < 1.29 is 14.1 Å². The number of hydrogen-bond donors (Lipinski definition) is 0. The van der Waals surface area contributed by atoms with Gasteiger partial charge < -0.3 is 14.1 Å². The van der Waals surface area contributed by atoms with Crippen LogP contribution in [0.25, 0.3) is 0 Å². The van der Waals surface area contributed by atoms with Gasteiger partial charge in [-0.2, -0.15) is 0 Å². The minimum absolute atomic E-state index is 0.573. The number of oxime groups is 1. The van der Waals surface area contributed by atoms with Crippen LogP contribution in [0.3, 0.4) is 0 Å². The van der Waals surface area contributed by atoms with Crippen LogP contribution < -0.4 is 4.74 Å². The first-order chi connectivity index (χ1) is 12.1. The van der Waals surface area contributed by atoms with Gasteiger partial charge in [0, 0.05) is 12.5 Å². The van der Waals surface area contributed by atoms with E-state index in [1.54, 1.807) is 6.21 Å². The van der Waals surface area contributed by atoms with Gasteiger partial charge in [-0.25, -0.2) is 0 Å². The number of ether oxygens (including phenoxy) is 1. The lowest BCUT2D eigenvalue weighted by molar-refractivity contribution is 0.160. The van der Waals surface area contributed by atoms with E-state index in [0.717, 1.165) is 59.6 Å². The average Bonchev–Trinajstić information content (AvgIpc) is 3.05. The maximum Gasteiger partial charge on any atom is 0.137 e. The molecule has 0 unspecified atom stereocenters. The molecule has 0 atom stereocenters. The van der Waals surface area contributed by atoms with Crippen LogP contribution in [0.15, 0.2) is 27.9 Å². The maximum absolute atomic E-state index is 5.99. The summed E-state index contributed by atoms with van der Waals surface area (Å²) in [7, 11) is 0. The summed E-state index contributed by atoms with van der Waals surface area (Å²) in [6.07, 6.45) is 5.55. The number of aromatic nitrogens is 1. The third kappa shape index (κ3) is 5.93. The Balaban J connectivity index is 1.80. The van der Waals surface area contributed by atoms with Crippen molar-refractivity contribution >= 4 is 6.21 Å². The zero-order chi connectivity index (χ0) is 18.1. The summed E-state index contributed by atoms with van der Waals surface area (Å²) in [4.78, 5) is 5.01. The molecule has 2 aromatic rings. The molecule has 1 heterocycles. The highest BCUT2D eigenvalue weighted by molar-refractivity contribution is 5.80. The minimum atomic E-state index is 0.573. The van der Waals surface area contributed by atoms with Gasteiger partial charge in [-0.05, 0) is 68.9 Å². The van der Waals surface area contributed by atoms with Crippen LogP contribution in [0.4, 0.5) is 0 Å². The molecule has 0 saturated carbocycles. The van der Waals surface area contributed by atoms with Gasteiger partial charge in [-0.3, -0.25) is 0 Å². The number of rotatable bonds is 10. The van der Waals surface area contributed by atoms with E-state index in [1.165, 1.54) is 0 Å². The molecular weight excluding hydrogens is 316 g/mol. The topological polar surface area (TPSA) is 56.9 Å². The van der Waals surface area contributed by atoms with E-state index < -0.39 is 0 Å². The molecule has 25 heavy (non-hydrogen) atoms. The van der Waals surface area contributed by atoms with Crippen LogP contribution in [0.5, 0.6) is 5.75 Å². The minimum Gasteiger partial charge on any atom is -0.493 e.